The van der Waals surface area contributed by atoms with Crippen LogP contribution in [0.1, 0.15) is 10.4 Å². The minimum Gasteiger partial charge on any atom is -0.385 e. The highest BCUT2D eigenvalue weighted by molar-refractivity contribution is 5.94. The van der Waals surface area contributed by atoms with Gasteiger partial charge in [0.05, 0.1) is 5.56 Å². The fourth-order valence-corrected chi connectivity index (χ4v) is 0.937. The van der Waals surface area contributed by atoms with Crippen molar-refractivity contribution < 1.29 is 23.1 Å². The summed E-state index contributed by atoms with van der Waals surface area (Å²) in [5, 5.41) is 10.7. The number of amides is 1. The number of aliphatic hydroxyl groups excluding tert-OH is 1. The first-order chi connectivity index (χ1) is 7.52. The van der Waals surface area contributed by atoms with Crippen LogP contribution in [-0.4, -0.2) is 35.1 Å². The molecule has 1 aromatic rings. The van der Waals surface area contributed by atoms with Gasteiger partial charge in [0.15, 0.2) is 0 Å². The molecule has 0 aromatic carbocycles. The average molecular weight is 234 g/mol. The first-order valence-electron chi connectivity index (χ1n) is 4.37. The maximum Gasteiger partial charge on any atom is 0.265 e. The lowest BCUT2D eigenvalue weighted by molar-refractivity contribution is -0.00272. The quantitative estimate of drug-likeness (QED) is 0.749. The van der Waals surface area contributed by atoms with Crippen molar-refractivity contribution in [2.45, 2.75) is 12.5 Å². The molecule has 0 bridgehead atoms. The molecule has 4 nitrogen and oxygen atoms in total. The van der Waals surface area contributed by atoms with Gasteiger partial charge in [0.2, 0.25) is 5.95 Å². The predicted molar refractivity (Wildman–Crippen MR) is 48.5 cm³/mol. The topological polar surface area (TPSA) is 62.2 Å². The number of carbonyl (C=O) groups excluding carboxylic acids is 1. The summed E-state index contributed by atoms with van der Waals surface area (Å²) in [5.41, 5.74) is -0.357. The molecule has 1 unspecified atom stereocenters. The number of aromatic nitrogens is 1. The Labute approximate surface area is 89.1 Å². The van der Waals surface area contributed by atoms with E-state index in [4.69, 9.17) is 5.11 Å². The molecule has 1 rings (SSSR count). The van der Waals surface area contributed by atoms with Crippen molar-refractivity contribution in [3.63, 3.8) is 0 Å². The molecule has 1 amide bonds. The fourth-order valence-electron chi connectivity index (χ4n) is 0.937. The molecular formula is C9H9F3N2O2. The number of nitrogens with one attached hydrogen (secondary N) is 1. The van der Waals surface area contributed by atoms with Gasteiger partial charge in [-0.25, -0.2) is 13.8 Å². The second-order valence-corrected chi connectivity index (χ2v) is 2.95. The highest BCUT2D eigenvalue weighted by atomic mass is 19.3. The Balaban J connectivity index is 2.57. The van der Waals surface area contributed by atoms with Crippen LogP contribution < -0.4 is 5.32 Å². The smallest absolute Gasteiger partial charge is 0.265 e. The third-order valence-electron chi connectivity index (χ3n) is 1.77. The van der Waals surface area contributed by atoms with Crippen molar-refractivity contribution in [1.82, 2.24) is 10.3 Å². The van der Waals surface area contributed by atoms with E-state index in [1.165, 1.54) is 6.07 Å². The zero-order valence-electron chi connectivity index (χ0n) is 8.03. The van der Waals surface area contributed by atoms with E-state index in [0.717, 1.165) is 12.3 Å². The van der Waals surface area contributed by atoms with Crippen LogP contribution >= 0.6 is 0 Å². The van der Waals surface area contributed by atoms with Crippen LogP contribution in [0, 0.1) is 5.95 Å². The van der Waals surface area contributed by atoms with Gasteiger partial charge in [0.1, 0.15) is 6.10 Å². The Morgan fingerprint density at radius 2 is 2.25 bits per heavy atom. The normalized spacial score (nSPS) is 12.6. The summed E-state index contributed by atoms with van der Waals surface area (Å²) in [6.45, 7) is -0.648. The van der Waals surface area contributed by atoms with E-state index in [0.29, 0.717) is 0 Å². The Morgan fingerprint density at radius 3 is 2.81 bits per heavy atom. The Kier molecular flexibility index (Phi) is 4.24. The van der Waals surface area contributed by atoms with Crippen molar-refractivity contribution in [1.29, 1.82) is 0 Å². The molecule has 1 atom stereocenters. The maximum absolute atomic E-state index is 12.9. The summed E-state index contributed by atoms with van der Waals surface area (Å²) in [6.07, 6.45) is -3.78. The number of nitrogens with zero attached hydrogens (tertiary/aromatic N) is 1. The van der Waals surface area contributed by atoms with Crippen molar-refractivity contribution in [3.05, 3.63) is 29.8 Å². The van der Waals surface area contributed by atoms with Crippen LogP contribution in [0.2, 0.25) is 0 Å². The van der Waals surface area contributed by atoms with Crippen molar-refractivity contribution in [3.8, 4) is 0 Å². The average Bonchev–Trinajstić information content (AvgIpc) is 2.25. The maximum atomic E-state index is 12.9. The van der Waals surface area contributed by atoms with E-state index in [1.807, 2.05) is 5.32 Å². The van der Waals surface area contributed by atoms with E-state index < -0.39 is 30.9 Å². The lowest BCUT2D eigenvalue weighted by atomic mass is 10.2. The highest BCUT2D eigenvalue weighted by Gasteiger charge is 2.19. The monoisotopic (exact) mass is 234 g/mol. The summed E-state index contributed by atoms with van der Waals surface area (Å²) in [4.78, 5) is 14.5. The lowest BCUT2D eigenvalue weighted by Gasteiger charge is -2.10. The number of alkyl halides is 2. The zero-order chi connectivity index (χ0) is 12.1. The zero-order valence-corrected chi connectivity index (χ0v) is 8.03. The SMILES string of the molecule is O=C(NCC(O)C(F)F)c1cccnc1F. The van der Waals surface area contributed by atoms with Gasteiger partial charge in [0.25, 0.3) is 12.3 Å². The molecule has 0 aliphatic heterocycles. The summed E-state index contributed by atoms with van der Waals surface area (Å²) in [5.74, 6) is -1.89. The summed E-state index contributed by atoms with van der Waals surface area (Å²) in [6, 6.07) is 2.49. The molecule has 0 radical (unpaired) electrons. The summed E-state index contributed by atoms with van der Waals surface area (Å²) in [7, 11) is 0. The standard InChI is InChI=1S/C9H9F3N2O2/c10-7(11)6(15)4-14-9(16)5-2-1-3-13-8(5)12/h1-3,6-7,15H,4H2,(H,14,16). The number of carbonyl (C=O) groups is 1. The molecule has 1 heterocycles. The van der Waals surface area contributed by atoms with Gasteiger partial charge in [-0.15, -0.1) is 0 Å². The van der Waals surface area contributed by atoms with Gasteiger partial charge in [-0.05, 0) is 12.1 Å². The number of rotatable bonds is 4. The third kappa shape index (κ3) is 3.20. The van der Waals surface area contributed by atoms with E-state index >= 15 is 0 Å². The van der Waals surface area contributed by atoms with Gasteiger partial charge >= 0.3 is 0 Å². The first kappa shape index (κ1) is 12.4. The number of aliphatic hydroxyl groups is 1. The number of hydrogen-bond acceptors (Lipinski definition) is 3. The molecule has 0 spiro atoms. The predicted octanol–water partition coefficient (Wildman–Crippen LogP) is 0.577. The first-order valence-corrected chi connectivity index (χ1v) is 4.37. The minimum absolute atomic E-state index is 0.357. The van der Waals surface area contributed by atoms with Crippen LogP contribution in [-0.2, 0) is 0 Å². The molecule has 16 heavy (non-hydrogen) atoms. The Hall–Kier alpha value is -1.63. The molecule has 0 fully saturated rings. The second kappa shape index (κ2) is 5.45. The van der Waals surface area contributed by atoms with Crippen LogP contribution in [0.25, 0.3) is 0 Å². The lowest BCUT2D eigenvalue weighted by Crippen LogP contribution is -2.36. The molecule has 1 aromatic heterocycles. The molecule has 7 heteroatoms. The Bertz CT molecular complexity index is 374. The Morgan fingerprint density at radius 1 is 1.56 bits per heavy atom. The minimum atomic E-state index is -2.96. The van der Waals surface area contributed by atoms with Gasteiger partial charge in [-0.3, -0.25) is 4.79 Å². The van der Waals surface area contributed by atoms with Crippen molar-refractivity contribution >= 4 is 5.91 Å². The third-order valence-corrected chi connectivity index (χ3v) is 1.77. The largest absolute Gasteiger partial charge is 0.385 e. The van der Waals surface area contributed by atoms with Crippen molar-refractivity contribution in [2.24, 2.45) is 0 Å². The van der Waals surface area contributed by atoms with E-state index in [2.05, 4.69) is 4.98 Å². The summed E-state index contributed by atoms with van der Waals surface area (Å²) < 4.78 is 36.7. The van der Waals surface area contributed by atoms with E-state index in [-0.39, 0.29) is 5.56 Å². The molecule has 2 N–H and O–H groups in total. The molecule has 0 aliphatic rings. The number of hydrogen-bond donors (Lipinski definition) is 2. The van der Waals surface area contributed by atoms with Crippen LogP contribution in [0.4, 0.5) is 13.2 Å². The second-order valence-electron chi connectivity index (χ2n) is 2.95. The molecule has 0 saturated heterocycles. The van der Waals surface area contributed by atoms with Crippen LogP contribution in [0.5, 0.6) is 0 Å². The fraction of sp³-hybridized carbons (Fsp3) is 0.333. The van der Waals surface area contributed by atoms with E-state index in [1.54, 1.807) is 0 Å². The molecule has 0 saturated carbocycles. The molecule has 88 valence electrons. The van der Waals surface area contributed by atoms with Gasteiger partial charge < -0.3 is 10.4 Å². The van der Waals surface area contributed by atoms with Crippen LogP contribution in [0.15, 0.2) is 18.3 Å². The summed E-state index contributed by atoms with van der Waals surface area (Å²) >= 11 is 0. The number of halogens is 3. The van der Waals surface area contributed by atoms with Gasteiger partial charge in [-0.1, -0.05) is 0 Å². The van der Waals surface area contributed by atoms with Gasteiger partial charge in [-0.2, -0.15) is 4.39 Å². The number of pyridine rings is 1. The van der Waals surface area contributed by atoms with Crippen LogP contribution in [0.3, 0.4) is 0 Å². The van der Waals surface area contributed by atoms with Gasteiger partial charge in [0, 0.05) is 12.7 Å². The molecule has 0 aliphatic carbocycles. The van der Waals surface area contributed by atoms with Crippen molar-refractivity contribution in [2.75, 3.05) is 6.54 Å². The van der Waals surface area contributed by atoms with E-state index in [9.17, 15) is 18.0 Å². The molecular weight excluding hydrogens is 225 g/mol. The highest BCUT2D eigenvalue weighted by Crippen LogP contribution is 2.03.